The van der Waals surface area contributed by atoms with Crippen LogP contribution in [-0.4, -0.2) is 31.6 Å². The molecular formula is C12H15NO3S. The lowest BCUT2D eigenvalue weighted by Gasteiger charge is -2.06. The Morgan fingerprint density at radius 1 is 1.35 bits per heavy atom. The minimum Gasteiger partial charge on any atom is -0.303 e. The fraction of sp³-hybridized carbons (Fsp3) is 0.417. The number of carbonyl (C=O) groups excluding carboxylic acids is 1. The van der Waals surface area contributed by atoms with Gasteiger partial charge in [-0.3, -0.25) is 0 Å². The zero-order chi connectivity index (χ0) is 12.5. The average molecular weight is 253 g/mol. The van der Waals surface area contributed by atoms with E-state index in [2.05, 4.69) is 0 Å². The Bertz CT molecular complexity index is 507. The van der Waals surface area contributed by atoms with Crippen LogP contribution in [0.25, 0.3) is 0 Å². The van der Waals surface area contributed by atoms with Crippen LogP contribution in [-0.2, 0) is 14.8 Å². The Balaban J connectivity index is 2.10. The summed E-state index contributed by atoms with van der Waals surface area (Å²) in [5.41, 5.74) is 1.03. The molecule has 92 valence electrons. The number of hydrogen-bond donors (Lipinski definition) is 0. The third-order valence-electron chi connectivity index (χ3n) is 2.91. The van der Waals surface area contributed by atoms with Crippen LogP contribution >= 0.6 is 0 Å². The molecule has 4 nitrogen and oxygen atoms in total. The van der Waals surface area contributed by atoms with Crippen LogP contribution in [0.15, 0.2) is 29.2 Å². The van der Waals surface area contributed by atoms with Gasteiger partial charge in [-0.25, -0.2) is 8.42 Å². The van der Waals surface area contributed by atoms with E-state index in [0.717, 1.165) is 11.8 Å². The van der Waals surface area contributed by atoms with Crippen LogP contribution in [0.5, 0.6) is 0 Å². The van der Waals surface area contributed by atoms with Crippen LogP contribution in [0, 0.1) is 6.92 Å². The van der Waals surface area contributed by atoms with Crippen LogP contribution in [0.1, 0.15) is 18.4 Å². The van der Waals surface area contributed by atoms with Crippen LogP contribution < -0.4 is 0 Å². The minimum absolute atomic E-state index is 0.00602. The second-order valence-corrected chi connectivity index (χ2v) is 6.18. The molecule has 1 aliphatic rings. The summed E-state index contributed by atoms with van der Waals surface area (Å²) in [6.45, 7) is 2.45. The van der Waals surface area contributed by atoms with Crippen LogP contribution in [0.3, 0.4) is 0 Å². The molecule has 5 heteroatoms. The average Bonchev–Trinajstić information content (AvgIpc) is 3.07. The van der Waals surface area contributed by atoms with Gasteiger partial charge in [0.2, 0.25) is 10.0 Å². The summed E-state index contributed by atoms with van der Waals surface area (Å²) < 4.78 is 25.7. The monoisotopic (exact) mass is 253 g/mol. The molecule has 0 bridgehead atoms. The van der Waals surface area contributed by atoms with Gasteiger partial charge in [0.1, 0.15) is 6.29 Å². The molecule has 1 aromatic rings. The maximum atomic E-state index is 12.1. The number of rotatable bonds is 5. The van der Waals surface area contributed by atoms with Gasteiger partial charge >= 0.3 is 0 Å². The zero-order valence-electron chi connectivity index (χ0n) is 9.67. The second-order valence-electron chi connectivity index (χ2n) is 4.29. The Morgan fingerprint density at radius 2 is 2.00 bits per heavy atom. The van der Waals surface area contributed by atoms with Gasteiger partial charge in [0, 0.05) is 19.0 Å². The Labute approximate surface area is 101 Å². The number of sulfonamides is 1. The highest BCUT2D eigenvalue weighted by Gasteiger charge is 2.43. The van der Waals surface area contributed by atoms with Crippen molar-refractivity contribution in [3.8, 4) is 0 Å². The third-order valence-corrected chi connectivity index (χ3v) is 4.84. The Morgan fingerprint density at radius 3 is 2.59 bits per heavy atom. The highest BCUT2D eigenvalue weighted by Crippen LogP contribution is 2.30. The summed E-state index contributed by atoms with van der Waals surface area (Å²) in [6.07, 6.45) is 1.87. The van der Waals surface area contributed by atoms with Crippen molar-refractivity contribution in [1.29, 1.82) is 0 Å². The van der Waals surface area contributed by atoms with E-state index in [4.69, 9.17) is 0 Å². The van der Waals surface area contributed by atoms with Gasteiger partial charge in [-0.15, -0.1) is 0 Å². The van der Waals surface area contributed by atoms with Gasteiger partial charge in [0.15, 0.2) is 0 Å². The Kier molecular flexibility index (Phi) is 3.31. The molecule has 0 N–H and O–H groups in total. The lowest BCUT2D eigenvalue weighted by Crippen LogP contribution is -2.14. The Hall–Kier alpha value is -1.20. The van der Waals surface area contributed by atoms with Gasteiger partial charge in [-0.05, 0) is 25.5 Å². The van der Waals surface area contributed by atoms with Gasteiger partial charge in [-0.1, -0.05) is 17.7 Å². The molecule has 0 amide bonds. The van der Waals surface area contributed by atoms with Crippen molar-refractivity contribution in [3.63, 3.8) is 0 Å². The maximum absolute atomic E-state index is 12.1. The van der Waals surface area contributed by atoms with Crippen molar-refractivity contribution < 1.29 is 13.2 Å². The van der Waals surface area contributed by atoms with E-state index in [1.165, 1.54) is 4.31 Å². The van der Waals surface area contributed by atoms with Crippen LogP contribution in [0.4, 0.5) is 0 Å². The highest BCUT2D eigenvalue weighted by molar-refractivity contribution is 7.89. The van der Waals surface area contributed by atoms with Crippen LogP contribution in [0.2, 0.25) is 0 Å². The quantitative estimate of drug-likeness (QED) is 0.588. The predicted molar refractivity (Wildman–Crippen MR) is 64.2 cm³/mol. The molecule has 1 saturated heterocycles. The molecule has 17 heavy (non-hydrogen) atoms. The second kappa shape index (κ2) is 4.58. The minimum atomic E-state index is -3.34. The predicted octanol–water partition coefficient (Wildman–Crippen LogP) is 1.35. The number of aryl methyl sites for hydroxylation is 1. The van der Waals surface area contributed by atoms with E-state index in [9.17, 15) is 13.2 Å². The van der Waals surface area contributed by atoms with Crippen molar-refractivity contribution in [2.45, 2.75) is 30.7 Å². The molecular weight excluding hydrogens is 238 g/mol. The van der Waals surface area contributed by atoms with Gasteiger partial charge < -0.3 is 4.79 Å². The molecule has 2 rings (SSSR count). The summed E-state index contributed by atoms with van der Waals surface area (Å²) in [5.74, 6) is 0. The highest BCUT2D eigenvalue weighted by atomic mass is 32.2. The molecule has 1 heterocycles. The molecule has 1 aliphatic heterocycles. The first kappa shape index (κ1) is 12.3. The van der Waals surface area contributed by atoms with Crippen molar-refractivity contribution in [2.24, 2.45) is 0 Å². The molecule has 0 radical (unpaired) electrons. The molecule has 1 aromatic carbocycles. The van der Waals surface area contributed by atoms with Crippen molar-refractivity contribution in [1.82, 2.24) is 4.31 Å². The first-order valence-electron chi connectivity index (χ1n) is 5.58. The first-order valence-corrected chi connectivity index (χ1v) is 7.02. The number of benzene rings is 1. The molecule has 2 atom stereocenters. The standard InChI is InChI=1S/C12H15NO3S/c1-10-4-6-12(7-5-10)17(15,16)13-9-11(13)3-2-8-14/h4-8,11H,2-3,9H2,1H3. The largest absolute Gasteiger partial charge is 0.303 e. The van der Waals surface area contributed by atoms with E-state index in [1.807, 2.05) is 6.92 Å². The van der Waals surface area contributed by atoms with E-state index >= 15 is 0 Å². The molecule has 0 saturated carbocycles. The van der Waals surface area contributed by atoms with E-state index in [-0.39, 0.29) is 6.04 Å². The molecule has 0 spiro atoms. The van der Waals surface area contributed by atoms with E-state index in [1.54, 1.807) is 24.3 Å². The van der Waals surface area contributed by atoms with Gasteiger partial charge in [0.25, 0.3) is 0 Å². The lowest BCUT2D eigenvalue weighted by atomic mass is 10.2. The summed E-state index contributed by atoms with van der Waals surface area (Å²) in [4.78, 5) is 10.6. The smallest absolute Gasteiger partial charge is 0.243 e. The zero-order valence-corrected chi connectivity index (χ0v) is 10.5. The van der Waals surface area contributed by atoms with E-state index in [0.29, 0.717) is 24.3 Å². The molecule has 2 unspecified atom stereocenters. The van der Waals surface area contributed by atoms with Gasteiger partial charge in [-0.2, -0.15) is 4.31 Å². The summed E-state index contributed by atoms with van der Waals surface area (Å²) in [6, 6.07) is 6.83. The fourth-order valence-electron chi connectivity index (χ4n) is 1.80. The summed E-state index contributed by atoms with van der Waals surface area (Å²) in [5, 5.41) is 0. The molecule has 1 fully saturated rings. The third kappa shape index (κ3) is 2.56. The van der Waals surface area contributed by atoms with Gasteiger partial charge in [0.05, 0.1) is 4.90 Å². The molecule has 0 aromatic heterocycles. The first-order chi connectivity index (χ1) is 8.05. The van der Waals surface area contributed by atoms with Crippen molar-refractivity contribution in [2.75, 3.05) is 6.54 Å². The summed E-state index contributed by atoms with van der Waals surface area (Å²) in [7, 11) is -3.34. The summed E-state index contributed by atoms with van der Waals surface area (Å²) >= 11 is 0. The van der Waals surface area contributed by atoms with E-state index < -0.39 is 10.0 Å². The number of carbonyl (C=O) groups is 1. The number of hydrogen-bond acceptors (Lipinski definition) is 3. The molecule has 0 aliphatic carbocycles. The normalized spacial score (nSPS) is 23.4. The lowest BCUT2D eigenvalue weighted by molar-refractivity contribution is -0.107. The topological polar surface area (TPSA) is 54.2 Å². The number of nitrogens with zero attached hydrogens (tertiary/aromatic N) is 1. The van der Waals surface area contributed by atoms with Crippen molar-refractivity contribution >= 4 is 16.3 Å². The maximum Gasteiger partial charge on any atom is 0.243 e. The SMILES string of the molecule is Cc1ccc(S(=O)(=O)N2CC2CCC=O)cc1. The fourth-order valence-corrected chi connectivity index (χ4v) is 3.41. The number of aldehydes is 1. The van der Waals surface area contributed by atoms with Crippen molar-refractivity contribution in [3.05, 3.63) is 29.8 Å².